The Balaban J connectivity index is 2.23. The number of nitrogens with zero attached hydrogens (tertiary/aromatic N) is 1. The predicted octanol–water partition coefficient (Wildman–Crippen LogP) is -4.60. The Morgan fingerprint density at radius 1 is 0.696 bits per heavy atom. The molecule has 0 aliphatic carbocycles. The van der Waals surface area contributed by atoms with Gasteiger partial charge in [-0.2, -0.15) is 0 Å². The van der Waals surface area contributed by atoms with Gasteiger partial charge in [-0.3, -0.25) is 43.8 Å². The van der Waals surface area contributed by atoms with Crippen LogP contribution in [0.3, 0.4) is 0 Å². The first kappa shape index (κ1) is 45.4. The quantitative estimate of drug-likeness (QED) is 0.0288. The van der Waals surface area contributed by atoms with Gasteiger partial charge in [0.1, 0.15) is 29.9 Å². The molecule has 2 aromatic rings. The topological polar surface area (TPSA) is 374 Å². The number of phenolic OH excluding ortho intramolecular Hbond substituents is 1. The van der Waals surface area contributed by atoms with Crippen LogP contribution in [0.1, 0.15) is 36.8 Å². The molecule has 0 aliphatic heterocycles. The van der Waals surface area contributed by atoms with Crippen molar-refractivity contribution in [3.05, 3.63) is 65.7 Å². The zero-order chi connectivity index (χ0) is 41.9. The van der Waals surface area contributed by atoms with Crippen LogP contribution < -0.4 is 55.3 Å². The van der Waals surface area contributed by atoms with Gasteiger partial charge < -0.3 is 65.3 Å². The summed E-state index contributed by atoms with van der Waals surface area (Å²) in [6.07, 6.45) is -0.978. The van der Waals surface area contributed by atoms with Crippen molar-refractivity contribution in [3.8, 4) is 5.75 Å². The Hall–Kier alpha value is -6.77. The normalized spacial score (nSPS) is 13.3. The minimum Gasteiger partial charge on any atom is -0.508 e. The van der Waals surface area contributed by atoms with E-state index >= 15 is 0 Å². The second-order valence-corrected chi connectivity index (χ2v) is 12.8. The Labute approximate surface area is 322 Å². The van der Waals surface area contributed by atoms with Crippen LogP contribution >= 0.6 is 0 Å². The summed E-state index contributed by atoms with van der Waals surface area (Å²) in [5, 5.41) is 29.1. The van der Waals surface area contributed by atoms with E-state index in [0.717, 1.165) is 4.90 Å². The minimum atomic E-state index is -1.63. The number of carbonyl (C=O) groups is 8. The average molecular weight is 783 g/mol. The zero-order valence-electron chi connectivity index (χ0n) is 30.8. The van der Waals surface area contributed by atoms with Crippen LogP contribution in [0.5, 0.6) is 5.75 Å². The number of hydrogen-bond acceptors (Lipinski definition) is 11. The molecule has 5 atom stereocenters. The molecule has 0 fully saturated rings. The van der Waals surface area contributed by atoms with Gasteiger partial charge in [0.2, 0.25) is 47.3 Å². The summed E-state index contributed by atoms with van der Waals surface area (Å²) in [7, 11) is 1.26. The van der Waals surface area contributed by atoms with E-state index in [-0.39, 0.29) is 37.5 Å². The number of amides is 8. The van der Waals surface area contributed by atoms with E-state index in [1.165, 1.54) is 31.3 Å². The third-order valence-electron chi connectivity index (χ3n) is 8.31. The highest BCUT2D eigenvalue weighted by atomic mass is 16.3. The summed E-state index contributed by atoms with van der Waals surface area (Å²) in [6.45, 7) is -0.468. The molecular weight excluding hydrogens is 732 g/mol. The fourth-order valence-corrected chi connectivity index (χ4v) is 5.23. The second kappa shape index (κ2) is 22.4. The maximum atomic E-state index is 13.6. The van der Waals surface area contributed by atoms with Gasteiger partial charge in [-0.1, -0.05) is 42.5 Å². The first-order valence-electron chi connectivity index (χ1n) is 17.3. The molecule has 0 radical (unpaired) electrons. The van der Waals surface area contributed by atoms with Gasteiger partial charge in [0.25, 0.3) is 0 Å². The predicted molar refractivity (Wildman–Crippen MR) is 201 cm³/mol. The van der Waals surface area contributed by atoms with Crippen LogP contribution in [-0.4, -0.2) is 114 Å². The summed E-state index contributed by atoms with van der Waals surface area (Å²) < 4.78 is 0. The summed E-state index contributed by atoms with van der Waals surface area (Å²) in [5.74, 6) is -7.56. The summed E-state index contributed by atoms with van der Waals surface area (Å²) >= 11 is 0. The highest BCUT2D eigenvalue weighted by Crippen LogP contribution is 2.13. The monoisotopic (exact) mass is 782 g/mol. The van der Waals surface area contributed by atoms with Crippen molar-refractivity contribution >= 4 is 53.2 Å². The molecule has 2 aromatic carbocycles. The van der Waals surface area contributed by atoms with Gasteiger partial charge in [-0.05, 0) is 36.1 Å². The first-order valence-corrected chi connectivity index (χ1v) is 17.3. The van der Waals surface area contributed by atoms with Gasteiger partial charge in [-0.15, -0.1) is 0 Å². The van der Waals surface area contributed by atoms with E-state index in [1.54, 1.807) is 30.3 Å². The molecule has 17 N–H and O–H groups in total. The molecule has 0 heterocycles. The number of nitrogens with two attached hydrogens (primary N) is 5. The van der Waals surface area contributed by atoms with Crippen molar-refractivity contribution in [2.75, 3.05) is 20.1 Å². The fourth-order valence-electron chi connectivity index (χ4n) is 5.23. The first-order chi connectivity index (χ1) is 26.4. The van der Waals surface area contributed by atoms with Crippen molar-refractivity contribution in [1.82, 2.24) is 31.5 Å². The van der Waals surface area contributed by atoms with E-state index in [9.17, 15) is 43.5 Å². The number of carbonyl (C=O) groups excluding carboxylic acids is 8. The maximum Gasteiger partial charge on any atom is 0.243 e. The Bertz CT molecular complexity index is 1730. The summed E-state index contributed by atoms with van der Waals surface area (Å²) in [5.41, 5.74) is 28.3. The largest absolute Gasteiger partial charge is 0.508 e. The van der Waals surface area contributed by atoms with E-state index < -0.39 is 96.9 Å². The van der Waals surface area contributed by atoms with Gasteiger partial charge in [0.15, 0.2) is 5.96 Å². The van der Waals surface area contributed by atoms with Crippen LogP contribution in [0.15, 0.2) is 54.6 Å². The zero-order valence-corrected chi connectivity index (χ0v) is 30.8. The molecule has 0 aromatic heterocycles. The number of guanidine groups is 1. The number of aromatic hydroxyl groups is 1. The molecule has 0 saturated carbocycles. The summed E-state index contributed by atoms with van der Waals surface area (Å²) in [4.78, 5) is 103. The highest BCUT2D eigenvalue weighted by molar-refractivity contribution is 5.97. The average Bonchev–Trinajstić information content (AvgIpc) is 3.13. The van der Waals surface area contributed by atoms with Gasteiger partial charge in [-0.25, -0.2) is 0 Å². The van der Waals surface area contributed by atoms with Crippen molar-refractivity contribution in [2.24, 2.45) is 28.7 Å². The lowest BCUT2D eigenvalue weighted by atomic mass is 10.0. The molecule has 56 heavy (non-hydrogen) atoms. The van der Waals surface area contributed by atoms with Crippen LogP contribution in [-0.2, 0) is 51.2 Å². The van der Waals surface area contributed by atoms with E-state index in [2.05, 4.69) is 26.6 Å². The fraction of sp³-hybridized carbons (Fsp3) is 0.400. The maximum absolute atomic E-state index is 13.6. The lowest BCUT2D eigenvalue weighted by Gasteiger charge is -2.29. The molecule has 304 valence electrons. The highest BCUT2D eigenvalue weighted by Gasteiger charge is 2.33. The molecule has 0 saturated heterocycles. The van der Waals surface area contributed by atoms with Gasteiger partial charge >= 0.3 is 0 Å². The molecule has 0 aliphatic rings. The number of likely N-dealkylation sites (N-methyl/N-ethyl adjacent to an activating group) is 1. The molecule has 2 rings (SSSR count). The molecule has 21 nitrogen and oxygen atoms in total. The van der Waals surface area contributed by atoms with Crippen LogP contribution in [0.2, 0.25) is 0 Å². The van der Waals surface area contributed by atoms with Crippen molar-refractivity contribution in [3.63, 3.8) is 0 Å². The Morgan fingerprint density at radius 3 is 1.82 bits per heavy atom. The van der Waals surface area contributed by atoms with E-state index in [4.69, 9.17) is 34.1 Å². The van der Waals surface area contributed by atoms with Gasteiger partial charge in [0, 0.05) is 26.4 Å². The number of nitrogens with one attached hydrogen (secondary N) is 6. The van der Waals surface area contributed by atoms with Crippen LogP contribution in [0.4, 0.5) is 0 Å². The smallest absolute Gasteiger partial charge is 0.243 e. The van der Waals surface area contributed by atoms with E-state index in [0.29, 0.717) is 17.5 Å². The van der Waals surface area contributed by atoms with Crippen molar-refractivity contribution in [1.29, 1.82) is 5.41 Å². The number of rotatable bonds is 23. The van der Waals surface area contributed by atoms with Crippen LogP contribution in [0.25, 0.3) is 0 Å². The molecule has 0 unspecified atom stereocenters. The van der Waals surface area contributed by atoms with Crippen LogP contribution in [0, 0.1) is 5.41 Å². The molecule has 0 bridgehead atoms. The van der Waals surface area contributed by atoms with E-state index in [1.807, 2.05) is 0 Å². The Morgan fingerprint density at radius 2 is 1.25 bits per heavy atom. The lowest BCUT2D eigenvalue weighted by Crippen LogP contribution is -2.58. The second-order valence-electron chi connectivity index (χ2n) is 12.8. The molecular formula is C35H50N12O9. The minimum absolute atomic E-state index is 0.0525. The van der Waals surface area contributed by atoms with Crippen molar-refractivity contribution in [2.45, 2.75) is 68.7 Å². The lowest BCUT2D eigenvalue weighted by molar-refractivity contribution is -0.140. The SMILES string of the molecule is CN(C(=O)CNC(=O)[C@@H](CC(N)=O)NC(=O)[C@H](Cc1ccc(O)cc1)NC(=O)[C@@H](N)CCCNC(=N)N)[C@@H](Cc1ccccc1)C(=O)N[C@H](CC(N)=O)C(N)=O. The standard InChI is InChI=1S/C35H50N12O9/c1-47(26(15-19-6-3-2-4-7-19)34(56)44-23(30(39)52)16-27(37)49)29(51)18-43-32(54)25(17-28(38)50)46-33(55)24(14-20-9-11-21(48)12-10-20)45-31(53)22(36)8-5-13-42-35(40)41/h2-4,6-7,9-12,22-26,48H,5,8,13-18,36H2,1H3,(H2,37,49)(H2,38,50)(H2,39,52)(H,43,54)(H,44,56)(H,45,53)(H,46,55)(H4,40,41,42)/t22-,23+,24-,25+,26-/m0/s1. The third kappa shape index (κ3) is 16.1. The number of hydrogen-bond donors (Lipinski definition) is 12. The number of primary amides is 3. The van der Waals surface area contributed by atoms with Crippen molar-refractivity contribution < 1.29 is 43.5 Å². The molecule has 8 amide bonds. The summed E-state index contributed by atoms with van der Waals surface area (Å²) in [6, 6.07) is 7.44. The number of phenols is 1. The van der Waals surface area contributed by atoms with Gasteiger partial charge in [0.05, 0.1) is 25.4 Å². The number of benzene rings is 2. The molecule has 21 heteroatoms. The Kier molecular flexibility index (Phi) is 18.2. The third-order valence-corrected chi connectivity index (χ3v) is 8.31. The molecule has 0 spiro atoms.